The highest BCUT2D eigenvalue weighted by Gasteiger charge is 2.29. The van der Waals surface area contributed by atoms with Gasteiger partial charge >= 0.3 is 0 Å². The van der Waals surface area contributed by atoms with Crippen LogP contribution in [0.4, 0.5) is 0 Å². The zero-order chi connectivity index (χ0) is 13.8. The summed E-state index contributed by atoms with van der Waals surface area (Å²) in [5.41, 5.74) is 6.01. The van der Waals surface area contributed by atoms with Crippen molar-refractivity contribution in [3.63, 3.8) is 0 Å². The Kier molecular flexibility index (Phi) is 5.03. The van der Waals surface area contributed by atoms with E-state index in [0.29, 0.717) is 6.61 Å². The highest BCUT2D eigenvalue weighted by atomic mass is 16.5. The molecule has 0 saturated carbocycles. The first-order valence-electron chi connectivity index (χ1n) is 6.49. The number of ether oxygens (including phenoxy) is 2. The van der Waals surface area contributed by atoms with Crippen molar-refractivity contribution in [3.8, 4) is 11.5 Å². The molecule has 0 heterocycles. The first kappa shape index (κ1) is 14.8. The van der Waals surface area contributed by atoms with Gasteiger partial charge in [0.05, 0.1) is 6.61 Å². The second kappa shape index (κ2) is 6.10. The van der Waals surface area contributed by atoms with Gasteiger partial charge in [0, 0.05) is 11.5 Å². The minimum Gasteiger partial charge on any atom is -0.494 e. The zero-order valence-electron chi connectivity index (χ0n) is 12.1. The number of hydrogen-bond acceptors (Lipinski definition) is 3. The van der Waals surface area contributed by atoms with E-state index in [2.05, 4.69) is 20.8 Å². The fraction of sp³-hybridized carbons (Fsp3) is 0.600. The molecular formula is C15H25NO2. The van der Waals surface area contributed by atoms with Crippen molar-refractivity contribution >= 4 is 0 Å². The molecule has 1 aromatic carbocycles. The van der Waals surface area contributed by atoms with Crippen LogP contribution in [0.3, 0.4) is 0 Å². The Labute approximate surface area is 110 Å². The summed E-state index contributed by atoms with van der Waals surface area (Å²) >= 11 is 0. The van der Waals surface area contributed by atoms with Crippen molar-refractivity contribution in [1.29, 1.82) is 0 Å². The lowest BCUT2D eigenvalue weighted by Crippen LogP contribution is -2.45. The van der Waals surface area contributed by atoms with Gasteiger partial charge in [-0.3, -0.25) is 0 Å². The summed E-state index contributed by atoms with van der Waals surface area (Å²) in [5.74, 6) is 1.69. The van der Waals surface area contributed by atoms with E-state index in [1.54, 1.807) is 0 Å². The molecule has 0 aliphatic carbocycles. The predicted molar refractivity (Wildman–Crippen MR) is 75.1 cm³/mol. The van der Waals surface area contributed by atoms with Crippen molar-refractivity contribution in [2.75, 3.05) is 6.61 Å². The number of rotatable bonds is 5. The molecule has 0 saturated heterocycles. The maximum absolute atomic E-state index is 6.00. The molecule has 0 aliphatic rings. The summed E-state index contributed by atoms with van der Waals surface area (Å²) in [7, 11) is 0. The van der Waals surface area contributed by atoms with Gasteiger partial charge in [-0.05, 0) is 38.1 Å². The van der Waals surface area contributed by atoms with E-state index < -0.39 is 0 Å². The molecule has 102 valence electrons. The van der Waals surface area contributed by atoms with E-state index in [0.717, 1.165) is 11.5 Å². The van der Waals surface area contributed by atoms with Gasteiger partial charge in [-0.15, -0.1) is 0 Å². The number of nitrogens with two attached hydrogens (primary N) is 1. The van der Waals surface area contributed by atoms with Gasteiger partial charge in [0.25, 0.3) is 0 Å². The second-order valence-corrected chi connectivity index (χ2v) is 5.67. The predicted octanol–water partition coefficient (Wildman–Crippen LogP) is 3.23. The van der Waals surface area contributed by atoms with Gasteiger partial charge in [-0.2, -0.15) is 0 Å². The Morgan fingerprint density at radius 2 is 1.61 bits per heavy atom. The number of hydrogen-bond donors (Lipinski definition) is 1. The number of benzene rings is 1. The van der Waals surface area contributed by atoms with Crippen molar-refractivity contribution in [1.82, 2.24) is 0 Å². The Bertz CT molecular complexity index is 352. The van der Waals surface area contributed by atoms with E-state index in [1.165, 1.54) is 0 Å². The molecule has 0 radical (unpaired) electrons. The van der Waals surface area contributed by atoms with Gasteiger partial charge < -0.3 is 15.2 Å². The Balaban J connectivity index is 2.76. The maximum atomic E-state index is 6.00. The van der Waals surface area contributed by atoms with Crippen molar-refractivity contribution in [3.05, 3.63) is 24.3 Å². The lowest BCUT2D eigenvalue weighted by atomic mass is 9.85. The van der Waals surface area contributed by atoms with Crippen LogP contribution in [0.2, 0.25) is 0 Å². The third-order valence-electron chi connectivity index (χ3n) is 2.73. The molecule has 2 unspecified atom stereocenters. The fourth-order valence-electron chi connectivity index (χ4n) is 2.00. The van der Waals surface area contributed by atoms with Crippen molar-refractivity contribution in [2.24, 2.45) is 11.1 Å². The third-order valence-corrected chi connectivity index (χ3v) is 2.73. The van der Waals surface area contributed by atoms with Gasteiger partial charge in [0.1, 0.15) is 17.6 Å². The topological polar surface area (TPSA) is 44.5 Å². The lowest BCUT2D eigenvalue weighted by Gasteiger charge is -2.34. The minimum absolute atomic E-state index is 0.00670. The largest absolute Gasteiger partial charge is 0.494 e. The SMILES string of the molecule is CCOc1ccc(OC(C(C)N)C(C)(C)C)cc1. The normalized spacial score (nSPS) is 15.0. The van der Waals surface area contributed by atoms with Crippen molar-refractivity contribution in [2.45, 2.75) is 46.8 Å². The molecule has 2 N–H and O–H groups in total. The molecule has 0 bridgehead atoms. The Hall–Kier alpha value is -1.22. The highest BCUT2D eigenvalue weighted by Crippen LogP contribution is 2.27. The second-order valence-electron chi connectivity index (χ2n) is 5.67. The van der Waals surface area contributed by atoms with Gasteiger partial charge in [-0.1, -0.05) is 20.8 Å². The summed E-state index contributed by atoms with van der Waals surface area (Å²) in [6.07, 6.45) is -0.0181. The van der Waals surface area contributed by atoms with E-state index in [-0.39, 0.29) is 17.6 Å². The standard InChI is InChI=1S/C15H25NO2/c1-6-17-12-7-9-13(10-8-12)18-14(11(2)16)15(3,4)5/h7-11,14H,6,16H2,1-5H3. The monoisotopic (exact) mass is 251 g/mol. The molecule has 0 fully saturated rings. The maximum Gasteiger partial charge on any atom is 0.120 e. The fourth-order valence-corrected chi connectivity index (χ4v) is 2.00. The Morgan fingerprint density at radius 1 is 1.11 bits per heavy atom. The minimum atomic E-state index is -0.0181. The molecule has 0 aromatic heterocycles. The van der Waals surface area contributed by atoms with Crippen LogP contribution in [0.1, 0.15) is 34.6 Å². The molecule has 2 atom stereocenters. The van der Waals surface area contributed by atoms with Crippen LogP contribution in [0.15, 0.2) is 24.3 Å². The molecular weight excluding hydrogens is 226 g/mol. The first-order chi connectivity index (χ1) is 8.34. The lowest BCUT2D eigenvalue weighted by molar-refractivity contribution is 0.0684. The first-order valence-corrected chi connectivity index (χ1v) is 6.49. The van der Waals surface area contributed by atoms with Gasteiger partial charge in [0.15, 0.2) is 0 Å². The van der Waals surface area contributed by atoms with E-state index in [1.807, 2.05) is 38.1 Å². The van der Waals surface area contributed by atoms with E-state index >= 15 is 0 Å². The molecule has 0 amide bonds. The van der Waals surface area contributed by atoms with Crippen LogP contribution in [-0.2, 0) is 0 Å². The summed E-state index contributed by atoms with van der Waals surface area (Å²) in [6, 6.07) is 7.66. The van der Waals surface area contributed by atoms with Crippen LogP contribution in [0.5, 0.6) is 11.5 Å². The molecule has 18 heavy (non-hydrogen) atoms. The molecule has 0 aliphatic heterocycles. The van der Waals surface area contributed by atoms with Crippen LogP contribution in [0, 0.1) is 5.41 Å². The zero-order valence-corrected chi connectivity index (χ0v) is 12.1. The summed E-state index contributed by atoms with van der Waals surface area (Å²) in [6.45, 7) is 11.0. The molecule has 1 rings (SSSR count). The average Bonchev–Trinajstić information content (AvgIpc) is 2.26. The summed E-state index contributed by atoms with van der Waals surface area (Å²) in [5, 5.41) is 0. The molecule has 1 aromatic rings. The van der Waals surface area contributed by atoms with Crippen LogP contribution in [-0.4, -0.2) is 18.8 Å². The summed E-state index contributed by atoms with van der Waals surface area (Å²) < 4.78 is 11.4. The van der Waals surface area contributed by atoms with Crippen molar-refractivity contribution < 1.29 is 9.47 Å². The average molecular weight is 251 g/mol. The molecule has 3 heteroatoms. The summed E-state index contributed by atoms with van der Waals surface area (Å²) in [4.78, 5) is 0. The van der Waals surface area contributed by atoms with E-state index in [4.69, 9.17) is 15.2 Å². The highest BCUT2D eigenvalue weighted by molar-refractivity contribution is 5.31. The Morgan fingerprint density at radius 3 is 2.00 bits per heavy atom. The quantitative estimate of drug-likeness (QED) is 0.873. The van der Waals surface area contributed by atoms with Crippen LogP contribution in [0.25, 0.3) is 0 Å². The molecule has 0 spiro atoms. The van der Waals surface area contributed by atoms with Gasteiger partial charge in [0.2, 0.25) is 0 Å². The van der Waals surface area contributed by atoms with Crippen LogP contribution >= 0.6 is 0 Å². The van der Waals surface area contributed by atoms with E-state index in [9.17, 15) is 0 Å². The third kappa shape index (κ3) is 4.22. The van der Waals surface area contributed by atoms with Crippen LogP contribution < -0.4 is 15.2 Å². The smallest absolute Gasteiger partial charge is 0.120 e. The van der Waals surface area contributed by atoms with Gasteiger partial charge in [-0.25, -0.2) is 0 Å². The molecule has 3 nitrogen and oxygen atoms in total.